The first-order chi connectivity index (χ1) is 12.9. The molecule has 1 unspecified atom stereocenters. The van der Waals surface area contributed by atoms with E-state index in [0.29, 0.717) is 5.92 Å². The minimum atomic E-state index is -0.556. The largest absolute Gasteiger partial charge is 0.693 e. The van der Waals surface area contributed by atoms with E-state index < -0.39 is 17.0 Å². The molecular formula is C24H25Cl2NTi-2. The Morgan fingerprint density at radius 3 is 2.21 bits per heavy atom. The molecule has 0 saturated heterocycles. The van der Waals surface area contributed by atoms with Crippen molar-refractivity contribution in [2.75, 3.05) is 0 Å². The Morgan fingerprint density at radius 2 is 1.54 bits per heavy atom. The molecule has 0 amide bonds. The number of benzene rings is 3. The summed E-state index contributed by atoms with van der Waals surface area (Å²) in [4.78, 5) is 0. The van der Waals surface area contributed by atoms with Gasteiger partial charge in [0.1, 0.15) is 0 Å². The summed E-state index contributed by atoms with van der Waals surface area (Å²) in [6.07, 6.45) is 4.56. The number of halogens is 2. The molecule has 28 heavy (non-hydrogen) atoms. The molecule has 4 rings (SSSR count). The molecule has 0 aliphatic heterocycles. The van der Waals surface area contributed by atoms with Gasteiger partial charge in [0, 0.05) is 0 Å². The standard InChI is InChI=1S/C24H23.2ClH.H2N.Ti/c1-16-22(21-14-13-17-9-5-7-11-19(17)21)15-18-10-6-8-12-20(18)23(16)24(2,3)4;;;;/h5-15,21H,1H2,2-4H3;2*1H;1H2;/q-1;;;-1;+2/p-2. The molecule has 146 valence electrons. The maximum absolute atomic E-state index is 4.89. The number of allylic oxidation sites excluding steroid dienone is 1. The average molecular weight is 446 g/mol. The van der Waals surface area contributed by atoms with Crippen LogP contribution in [-0.4, -0.2) is 0 Å². The number of rotatable bonds is 1. The minimum absolute atomic E-state index is 0. The van der Waals surface area contributed by atoms with Gasteiger partial charge in [0.15, 0.2) is 0 Å². The summed E-state index contributed by atoms with van der Waals surface area (Å²) in [5.74, 6) is 0.305. The van der Waals surface area contributed by atoms with Crippen LogP contribution in [0.3, 0.4) is 0 Å². The molecule has 4 heteroatoms. The average Bonchev–Trinajstić information content (AvgIpc) is 3.04. The number of hydrogen-bond acceptors (Lipinski definition) is 0. The summed E-state index contributed by atoms with van der Waals surface area (Å²) in [6, 6.07) is 19.7. The second-order valence-electron chi connectivity index (χ2n) is 7.83. The summed E-state index contributed by atoms with van der Waals surface area (Å²) in [5, 5.41) is 2.64. The Labute approximate surface area is 185 Å². The first-order valence-electron chi connectivity index (χ1n) is 9.00. The summed E-state index contributed by atoms with van der Waals surface area (Å²) < 4.78 is 0. The van der Waals surface area contributed by atoms with Crippen LogP contribution < -0.4 is 0 Å². The Kier molecular flexibility index (Phi) is 7.84. The van der Waals surface area contributed by atoms with Gasteiger partial charge in [-0.15, -0.1) is 17.2 Å². The smallest absolute Gasteiger partial charge is 0.693 e. The van der Waals surface area contributed by atoms with E-state index in [4.69, 9.17) is 18.6 Å². The van der Waals surface area contributed by atoms with Crippen LogP contribution in [0, 0.1) is 6.92 Å². The van der Waals surface area contributed by atoms with Crippen molar-refractivity contribution in [3.05, 3.63) is 102 Å². The van der Waals surface area contributed by atoms with E-state index in [1.165, 1.54) is 38.6 Å². The predicted octanol–water partition coefficient (Wildman–Crippen LogP) is 8.57. The zero-order chi connectivity index (χ0) is 19.6. The van der Waals surface area contributed by atoms with Crippen molar-refractivity contribution < 1.29 is 17.0 Å². The fourth-order valence-corrected chi connectivity index (χ4v) is 4.07. The van der Waals surface area contributed by atoms with Gasteiger partial charge in [-0.3, -0.25) is 0 Å². The molecule has 0 radical (unpaired) electrons. The van der Waals surface area contributed by atoms with Gasteiger partial charge in [-0.25, -0.2) is 0 Å². The quantitative estimate of drug-likeness (QED) is 0.265. The molecular weight excluding hydrogens is 421 g/mol. The molecule has 0 heterocycles. The molecule has 2 N–H and O–H groups in total. The molecule has 0 saturated carbocycles. The van der Waals surface area contributed by atoms with E-state index in [9.17, 15) is 0 Å². The third-order valence-electron chi connectivity index (χ3n) is 5.08. The Balaban J connectivity index is 0.000000660. The third-order valence-corrected chi connectivity index (χ3v) is 5.08. The topological polar surface area (TPSA) is 33.5 Å². The number of nitrogens with two attached hydrogens (primary N) is 1. The van der Waals surface area contributed by atoms with Gasteiger partial charge in [0.2, 0.25) is 0 Å². The molecule has 0 fully saturated rings. The van der Waals surface area contributed by atoms with E-state index in [1.54, 1.807) is 0 Å². The van der Waals surface area contributed by atoms with Gasteiger partial charge in [0.05, 0.1) is 0 Å². The SMILES string of the molecule is [CH2-]c1c(C2C=Cc3ccccc32)cc2ccccc2c1C(C)(C)C.[Cl][Ti][Cl].[NH2-]. The fraction of sp³-hybridized carbons (Fsp3) is 0.208. The van der Waals surface area contributed by atoms with E-state index in [0.717, 1.165) is 0 Å². The van der Waals surface area contributed by atoms with Crippen LogP contribution >= 0.6 is 18.6 Å². The van der Waals surface area contributed by atoms with E-state index in [2.05, 4.69) is 94.4 Å². The van der Waals surface area contributed by atoms with Crippen molar-refractivity contribution in [1.29, 1.82) is 0 Å². The Hall–Kier alpha value is -1.22. The molecule has 3 aromatic rings. The summed E-state index contributed by atoms with van der Waals surface area (Å²) >= 11 is -0.556. The Morgan fingerprint density at radius 1 is 0.929 bits per heavy atom. The van der Waals surface area contributed by atoms with Crippen LogP contribution in [0.5, 0.6) is 0 Å². The summed E-state index contributed by atoms with van der Waals surface area (Å²) in [6.45, 7) is 11.4. The van der Waals surface area contributed by atoms with E-state index in [1.807, 2.05) is 0 Å². The molecule has 1 atom stereocenters. The minimum Gasteiger partial charge on any atom is -0.693 e. The van der Waals surface area contributed by atoms with Crippen LogP contribution in [0.4, 0.5) is 0 Å². The van der Waals surface area contributed by atoms with Crippen molar-refractivity contribution >= 4 is 35.5 Å². The second-order valence-corrected chi connectivity index (χ2v) is 10.4. The van der Waals surface area contributed by atoms with Crippen molar-refractivity contribution in [2.45, 2.75) is 32.1 Å². The summed E-state index contributed by atoms with van der Waals surface area (Å²) in [7, 11) is 9.78. The van der Waals surface area contributed by atoms with Crippen molar-refractivity contribution in [1.82, 2.24) is 0 Å². The molecule has 0 spiro atoms. The monoisotopic (exact) mass is 445 g/mol. The first-order valence-corrected chi connectivity index (χ1v) is 13.3. The Bertz CT molecular complexity index is 990. The fourth-order valence-electron chi connectivity index (χ4n) is 4.07. The third kappa shape index (κ3) is 4.51. The van der Waals surface area contributed by atoms with Gasteiger partial charge in [-0.2, -0.15) is 12.5 Å². The molecule has 1 aliphatic rings. The molecule has 1 aliphatic carbocycles. The molecule has 1 nitrogen and oxygen atoms in total. The number of hydrogen-bond donors (Lipinski definition) is 0. The van der Waals surface area contributed by atoms with Crippen LogP contribution in [0.15, 0.2) is 60.7 Å². The van der Waals surface area contributed by atoms with Crippen LogP contribution in [0.2, 0.25) is 0 Å². The molecule has 3 aromatic carbocycles. The van der Waals surface area contributed by atoms with Crippen LogP contribution in [-0.2, 0) is 22.4 Å². The second kappa shape index (κ2) is 9.52. The predicted molar refractivity (Wildman–Crippen MR) is 121 cm³/mol. The van der Waals surface area contributed by atoms with Gasteiger partial charge in [0.25, 0.3) is 0 Å². The van der Waals surface area contributed by atoms with Crippen molar-refractivity contribution in [3.8, 4) is 0 Å². The zero-order valence-electron chi connectivity index (χ0n) is 16.5. The van der Waals surface area contributed by atoms with Gasteiger partial charge < -0.3 is 6.15 Å². The number of fused-ring (bicyclic) bond motifs is 2. The zero-order valence-corrected chi connectivity index (χ0v) is 19.5. The van der Waals surface area contributed by atoms with Crippen LogP contribution in [0.1, 0.15) is 54.5 Å². The maximum atomic E-state index is 4.89. The van der Waals surface area contributed by atoms with Crippen molar-refractivity contribution in [3.63, 3.8) is 0 Å². The molecule has 0 bridgehead atoms. The maximum Gasteiger partial charge on any atom is -0.693 e. The van der Waals surface area contributed by atoms with Crippen LogP contribution in [0.25, 0.3) is 23.0 Å². The van der Waals surface area contributed by atoms with Gasteiger partial charge in [-0.1, -0.05) is 92.3 Å². The van der Waals surface area contributed by atoms with Gasteiger partial charge >= 0.3 is 35.6 Å². The first kappa shape index (κ1) is 23.1. The normalized spacial score (nSPS) is 14.7. The van der Waals surface area contributed by atoms with Crippen molar-refractivity contribution in [2.24, 2.45) is 0 Å². The summed E-state index contributed by atoms with van der Waals surface area (Å²) in [5.41, 5.74) is 6.67. The van der Waals surface area contributed by atoms with E-state index >= 15 is 0 Å². The van der Waals surface area contributed by atoms with Gasteiger partial charge in [-0.05, 0) is 22.4 Å². The molecule has 0 aromatic heterocycles. The van der Waals surface area contributed by atoms with E-state index in [-0.39, 0.29) is 11.6 Å².